The third-order valence-corrected chi connectivity index (χ3v) is 4.30. The molecule has 2 N–H and O–H groups in total. The van der Waals surface area contributed by atoms with Gasteiger partial charge in [-0.25, -0.2) is 23.1 Å². The number of H-pyrrole nitrogens is 1. The van der Waals surface area contributed by atoms with Gasteiger partial charge in [-0.3, -0.25) is 5.10 Å². The smallest absolute Gasteiger partial charge is 0.244 e. The van der Waals surface area contributed by atoms with Crippen LogP contribution in [-0.4, -0.2) is 28.6 Å². The number of sulfonamides is 1. The van der Waals surface area contributed by atoms with Crippen LogP contribution in [0.3, 0.4) is 0 Å². The Hall–Kier alpha value is -1.80. The number of rotatable bonds is 4. The molecule has 2 aromatic rings. The van der Waals surface area contributed by atoms with Gasteiger partial charge in [-0.1, -0.05) is 0 Å². The molecule has 0 atom stereocenters. The first kappa shape index (κ1) is 13.6. The first-order valence-electron chi connectivity index (χ1n) is 5.69. The van der Waals surface area contributed by atoms with Crippen LogP contribution in [0.1, 0.15) is 22.8 Å². The largest absolute Gasteiger partial charge is 0.281 e. The Morgan fingerprint density at radius 3 is 2.58 bits per heavy atom. The second-order valence-corrected chi connectivity index (χ2v) is 5.94. The van der Waals surface area contributed by atoms with Crippen LogP contribution >= 0.6 is 0 Å². The number of hydrogen-bond donors (Lipinski definition) is 2. The Balaban J connectivity index is 2.19. The molecule has 0 saturated carbocycles. The van der Waals surface area contributed by atoms with E-state index in [-0.39, 0.29) is 11.4 Å². The molecule has 0 aromatic carbocycles. The van der Waals surface area contributed by atoms with Crippen molar-refractivity contribution in [3.8, 4) is 0 Å². The highest BCUT2D eigenvalue weighted by Gasteiger charge is 2.21. The molecule has 0 aliphatic carbocycles. The van der Waals surface area contributed by atoms with Crippen molar-refractivity contribution >= 4 is 10.0 Å². The van der Waals surface area contributed by atoms with E-state index in [0.29, 0.717) is 17.1 Å². The average molecular weight is 281 g/mol. The minimum absolute atomic E-state index is 0.121. The Morgan fingerprint density at radius 2 is 2.00 bits per heavy atom. The van der Waals surface area contributed by atoms with Crippen molar-refractivity contribution in [2.24, 2.45) is 0 Å². The third kappa shape index (κ3) is 2.96. The van der Waals surface area contributed by atoms with E-state index < -0.39 is 10.0 Å². The van der Waals surface area contributed by atoms with Gasteiger partial charge in [0.05, 0.1) is 23.6 Å². The van der Waals surface area contributed by atoms with Gasteiger partial charge >= 0.3 is 0 Å². The zero-order valence-electron chi connectivity index (χ0n) is 10.9. The van der Waals surface area contributed by atoms with E-state index in [1.54, 1.807) is 19.9 Å². The summed E-state index contributed by atoms with van der Waals surface area (Å²) in [6, 6.07) is 1.73. The average Bonchev–Trinajstić information content (AvgIpc) is 2.67. The molecule has 0 aliphatic heterocycles. The zero-order valence-corrected chi connectivity index (χ0v) is 11.7. The van der Waals surface area contributed by atoms with E-state index >= 15 is 0 Å². The van der Waals surface area contributed by atoms with Gasteiger partial charge in [0, 0.05) is 5.69 Å². The summed E-state index contributed by atoms with van der Waals surface area (Å²) in [5, 5.41) is 6.54. The highest BCUT2D eigenvalue weighted by atomic mass is 32.2. The van der Waals surface area contributed by atoms with E-state index in [4.69, 9.17) is 0 Å². The first-order valence-corrected chi connectivity index (χ1v) is 7.17. The predicted octanol–water partition coefficient (Wildman–Crippen LogP) is 0.603. The van der Waals surface area contributed by atoms with E-state index in [1.807, 2.05) is 6.92 Å². The summed E-state index contributed by atoms with van der Waals surface area (Å²) in [6.07, 6.45) is 1.41. The van der Waals surface area contributed by atoms with Gasteiger partial charge in [0.1, 0.15) is 11.2 Å². The van der Waals surface area contributed by atoms with Crippen molar-refractivity contribution in [3.63, 3.8) is 0 Å². The van der Waals surface area contributed by atoms with Crippen LogP contribution in [0.2, 0.25) is 0 Å². The van der Waals surface area contributed by atoms with Gasteiger partial charge in [0.2, 0.25) is 10.0 Å². The lowest BCUT2D eigenvalue weighted by Gasteiger charge is -2.06. The molecule has 19 heavy (non-hydrogen) atoms. The van der Waals surface area contributed by atoms with Crippen molar-refractivity contribution in [1.29, 1.82) is 0 Å². The molecule has 2 aromatic heterocycles. The molecule has 0 bridgehead atoms. The maximum atomic E-state index is 12.2. The van der Waals surface area contributed by atoms with E-state index in [1.165, 1.54) is 6.33 Å². The minimum atomic E-state index is -3.59. The van der Waals surface area contributed by atoms with Gasteiger partial charge in [-0.2, -0.15) is 5.10 Å². The summed E-state index contributed by atoms with van der Waals surface area (Å²) >= 11 is 0. The van der Waals surface area contributed by atoms with Crippen molar-refractivity contribution in [1.82, 2.24) is 24.9 Å². The van der Waals surface area contributed by atoms with E-state index in [2.05, 4.69) is 24.9 Å². The van der Waals surface area contributed by atoms with E-state index in [0.717, 1.165) is 5.69 Å². The highest BCUT2D eigenvalue weighted by Crippen LogP contribution is 2.16. The molecular formula is C11H15N5O2S. The maximum Gasteiger partial charge on any atom is 0.244 e. The molecule has 0 amide bonds. The summed E-state index contributed by atoms with van der Waals surface area (Å²) in [4.78, 5) is 8.16. The normalized spacial score (nSPS) is 11.7. The van der Waals surface area contributed by atoms with Gasteiger partial charge in [-0.05, 0) is 26.8 Å². The van der Waals surface area contributed by atoms with Gasteiger partial charge in [0.15, 0.2) is 0 Å². The molecule has 0 radical (unpaired) electrons. The van der Waals surface area contributed by atoms with Crippen molar-refractivity contribution in [2.45, 2.75) is 32.2 Å². The molecule has 0 aliphatic rings. The number of aromatic nitrogens is 4. The monoisotopic (exact) mass is 281 g/mol. The molecule has 2 rings (SSSR count). The predicted molar refractivity (Wildman–Crippen MR) is 68.9 cm³/mol. The standard InChI is InChI=1S/C11H15N5O2S/c1-7-4-10(13-6-12-7)5-14-19(17,18)11-8(2)15-16-9(11)3/h4,6,14H,5H2,1-3H3,(H,15,16). The summed E-state index contributed by atoms with van der Waals surface area (Å²) in [7, 11) is -3.59. The van der Waals surface area contributed by atoms with Gasteiger partial charge in [-0.15, -0.1) is 0 Å². The number of hydrogen-bond acceptors (Lipinski definition) is 5. The Bertz CT molecular complexity index is 673. The van der Waals surface area contributed by atoms with Crippen LogP contribution in [0.5, 0.6) is 0 Å². The van der Waals surface area contributed by atoms with Crippen molar-refractivity contribution in [2.75, 3.05) is 0 Å². The van der Waals surface area contributed by atoms with Crippen LogP contribution in [0.25, 0.3) is 0 Å². The lowest BCUT2D eigenvalue weighted by Crippen LogP contribution is -2.24. The lowest BCUT2D eigenvalue weighted by molar-refractivity contribution is 0.579. The van der Waals surface area contributed by atoms with Crippen LogP contribution in [0.4, 0.5) is 0 Å². The summed E-state index contributed by atoms with van der Waals surface area (Å²) in [5.41, 5.74) is 2.38. The molecular weight excluding hydrogens is 266 g/mol. The quantitative estimate of drug-likeness (QED) is 0.854. The Kier molecular flexibility index (Phi) is 3.63. The van der Waals surface area contributed by atoms with Crippen molar-refractivity contribution in [3.05, 3.63) is 35.2 Å². The molecule has 7 nitrogen and oxygen atoms in total. The molecule has 0 saturated heterocycles. The second-order valence-electron chi connectivity index (χ2n) is 4.24. The molecule has 2 heterocycles. The molecule has 0 fully saturated rings. The van der Waals surface area contributed by atoms with Crippen LogP contribution in [0.15, 0.2) is 17.3 Å². The SMILES string of the molecule is Cc1cc(CNS(=O)(=O)c2c(C)n[nH]c2C)ncn1. The van der Waals surface area contributed by atoms with Gasteiger partial charge < -0.3 is 0 Å². The van der Waals surface area contributed by atoms with E-state index in [9.17, 15) is 8.42 Å². The molecule has 0 spiro atoms. The number of nitrogens with zero attached hydrogens (tertiary/aromatic N) is 3. The van der Waals surface area contributed by atoms with Crippen LogP contribution < -0.4 is 4.72 Å². The Labute approximate surface area is 111 Å². The summed E-state index contributed by atoms with van der Waals surface area (Å²) < 4.78 is 26.9. The van der Waals surface area contributed by atoms with Gasteiger partial charge in [0.25, 0.3) is 0 Å². The topological polar surface area (TPSA) is 101 Å². The fourth-order valence-corrected chi connectivity index (χ4v) is 3.15. The number of aryl methyl sites for hydroxylation is 3. The zero-order chi connectivity index (χ0) is 14.0. The van der Waals surface area contributed by atoms with Crippen molar-refractivity contribution < 1.29 is 8.42 Å². The number of nitrogens with one attached hydrogen (secondary N) is 2. The maximum absolute atomic E-state index is 12.2. The fourth-order valence-electron chi connectivity index (χ4n) is 1.78. The minimum Gasteiger partial charge on any atom is -0.281 e. The summed E-state index contributed by atoms with van der Waals surface area (Å²) in [6.45, 7) is 5.26. The lowest BCUT2D eigenvalue weighted by atomic mass is 10.3. The number of aromatic amines is 1. The molecule has 0 unspecified atom stereocenters. The molecule has 8 heteroatoms. The first-order chi connectivity index (χ1) is 8.90. The van der Waals surface area contributed by atoms with Crippen LogP contribution in [-0.2, 0) is 16.6 Å². The Morgan fingerprint density at radius 1 is 1.26 bits per heavy atom. The second kappa shape index (κ2) is 5.06. The van der Waals surface area contributed by atoms with Crippen LogP contribution in [0, 0.1) is 20.8 Å². The highest BCUT2D eigenvalue weighted by molar-refractivity contribution is 7.89. The third-order valence-electron chi connectivity index (χ3n) is 2.63. The summed E-state index contributed by atoms with van der Waals surface area (Å²) in [5.74, 6) is 0. The molecule has 102 valence electrons. The fraction of sp³-hybridized carbons (Fsp3) is 0.364.